The standard InChI is InChI=1S/C14H14N2O4S/c1-14(18,11-4-5-21-8-11)9-15-7-10-6-12(16(19)20)2-3-13(10)17/h2-8,17-18H,9H2,1H3. The van der Waals surface area contributed by atoms with E-state index in [1.165, 1.54) is 35.8 Å². The highest BCUT2D eigenvalue weighted by atomic mass is 32.1. The molecular weight excluding hydrogens is 292 g/mol. The van der Waals surface area contributed by atoms with Crippen LogP contribution in [-0.2, 0) is 5.60 Å². The Bertz CT molecular complexity index is 666. The second-order valence-electron chi connectivity index (χ2n) is 4.76. The Morgan fingerprint density at radius 2 is 2.24 bits per heavy atom. The lowest BCUT2D eigenvalue weighted by molar-refractivity contribution is -0.384. The van der Waals surface area contributed by atoms with Gasteiger partial charge in [-0.1, -0.05) is 0 Å². The molecule has 2 aromatic rings. The lowest BCUT2D eigenvalue weighted by Gasteiger charge is -2.19. The predicted octanol–water partition coefficient (Wildman–Crippen LogP) is 2.69. The molecular formula is C14H14N2O4S. The Kier molecular flexibility index (Phi) is 4.35. The molecule has 0 spiro atoms. The molecule has 7 heteroatoms. The molecule has 1 heterocycles. The summed E-state index contributed by atoms with van der Waals surface area (Å²) in [4.78, 5) is 14.2. The predicted molar refractivity (Wildman–Crippen MR) is 81.1 cm³/mol. The SMILES string of the molecule is CC(O)(CN=Cc1cc([N+](=O)[O-])ccc1O)c1ccsc1. The first-order valence-corrected chi connectivity index (χ1v) is 7.07. The smallest absolute Gasteiger partial charge is 0.270 e. The van der Waals surface area contributed by atoms with E-state index in [1.807, 2.05) is 16.8 Å². The van der Waals surface area contributed by atoms with Gasteiger partial charge < -0.3 is 10.2 Å². The van der Waals surface area contributed by atoms with Crippen molar-refractivity contribution >= 4 is 23.2 Å². The number of aliphatic hydroxyl groups is 1. The number of aliphatic imine (C=N–C) groups is 1. The van der Waals surface area contributed by atoms with Crippen LogP contribution >= 0.6 is 11.3 Å². The first kappa shape index (κ1) is 15.1. The van der Waals surface area contributed by atoms with Crippen molar-refractivity contribution in [2.24, 2.45) is 4.99 Å². The second kappa shape index (κ2) is 6.02. The van der Waals surface area contributed by atoms with Gasteiger partial charge in [0.05, 0.1) is 11.5 Å². The van der Waals surface area contributed by atoms with Crippen molar-refractivity contribution in [2.75, 3.05) is 6.54 Å². The summed E-state index contributed by atoms with van der Waals surface area (Å²) < 4.78 is 0. The summed E-state index contributed by atoms with van der Waals surface area (Å²) in [5.41, 5.74) is -0.246. The third-order valence-electron chi connectivity index (χ3n) is 2.99. The first-order chi connectivity index (χ1) is 9.90. The molecule has 2 rings (SSSR count). The van der Waals surface area contributed by atoms with E-state index in [9.17, 15) is 20.3 Å². The molecule has 0 aliphatic carbocycles. The van der Waals surface area contributed by atoms with Gasteiger partial charge in [0, 0.05) is 23.9 Å². The summed E-state index contributed by atoms with van der Waals surface area (Å²) in [6.45, 7) is 1.73. The number of hydrogen-bond acceptors (Lipinski definition) is 6. The Morgan fingerprint density at radius 1 is 1.48 bits per heavy atom. The average Bonchev–Trinajstić information content (AvgIpc) is 2.95. The van der Waals surface area contributed by atoms with Crippen molar-refractivity contribution in [3.63, 3.8) is 0 Å². The van der Waals surface area contributed by atoms with Crippen molar-refractivity contribution in [1.82, 2.24) is 0 Å². The number of hydrogen-bond donors (Lipinski definition) is 2. The summed E-state index contributed by atoms with van der Waals surface area (Å²) in [5, 5.41) is 34.3. The van der Waals surface area contributed by atoms with E-state index in [1.54, 1.807) is 6.92 Å². The van der Waals surface area contributed by atoms with Crippen LogP contribution in [0.15, 0.2) is 40.0 Å². The van der Waals surface area contributed by atoms with E-state index in [4.69, 9.17) is 0 Å². The Hall–Kier alpha value is -2.25. The number of nitro groups is 1. The van der Waals surface area contributed by atoms with Gasteiger partial charge in [0.2, 0.25) is 0 Å². The van der Waals surface area contributed by atoms with Crippen LogP contribution in [0, 0.1) is 10.1 Å². The van der Waals surface area contributed by atoms with Gasteiger partial charge in [0.1, 0.15) is 11.4 Å². The molecule has 110 valence electrons. The van der Waals surface area contributed by atoms with Crippen molar-refractivity contribution in [3.05, 3.63) is 56.3 Å². The summed E-state index contributed by atoms with van der Waals surface area (Å²) in [6.07, 6.45) is 1.32. The van der Waals surface area contributed by atoms with Gasteiger partial charge >= 0.3 is 0 Å². The number of phenols is 1. The maximum Gasteiger partial charge on any atom is 0.270 e. The van der Waals surface area contributed by atoms with Crippen LogP contribution < -0.4 is 0 Å². The molecule has 1 aromatic carbocycles. The molecule has 2 N–H and O–H groups in total. The number of aromatic hydroxyl groups is 1. The van der Waals surface area contributed by atoms with Crippen LogP contribution in [0.1, 0.15) is 18.1 Å². The van der Waals surface area contributed by atoms with E-state index in [0.29, 0.717) is 0 Å². The molecule has 0 saturated heterocycles. The molecule has 0 radical (unpaired) electrons. The van der Waals surface area contributed by atoms with Gasteiger partial charge in [0.15, 0.2) is 0 Å². The molecule has 0 fully saturated rings. The minimum atomic E-state index is -1.12. The number of benzene rings is 1. The number of phenolic OH excluding ortho intramolecular Hbond substituents is 1. The van der Waals surface area contributed by atoms with Crippen LogP contribution in [0.25, 0.3) is 0 Å². The molecule has 6 nitrogen and oxygen atoms in total. The van der Waals surface area contributed by atoms with Gasteiger partial charge in [-0.2, -0.15) is 11.3 Å². The second-order valence-corrected chi connectivity index (χ2v) is 5.54. The Labute approximate surface area is 125 Å². The Balaban J connectivity index is 2.15. The van der Waals surface area contributed by atoms with Gasteiger partial charge in [0.25, 0.3) is 5.69 Å². The molecule has 0 bridgehead atoms. The van der Waals surface area contributed by atoms with Crippen molar-refractivity contribution in [1.29, 1.82) is 0 Å². The van der Waals surface area contributed by atoms with Crippen molar-refractivity contribution in [2.45, 2.75) is 12.5 Å². The quantitative estimate of drug-likeness (QED) is 0.504. The fraction of sp³-hybridized carbons (Fsp3) is 0.214. The molecule has 1 unspecified atom stereocenters. The first-order valence-electron chi connectivity index (χ1n) is 6.12. The highest BCUT2D eigenvalue weighted by Gasteiger charge is 2.22. The van der Waals surface area contributed by atoms with Gasteiger partial charge in [-0.25, -0.2) is 0 Å². The van der Waals surface area contributed by atoms with E-state index in [0.717, 1.165) is 5.56 Å². The molecule has 1 aromatic heterocycles. The van der Waals surface area contributed by atoms with Crippen LogP contribution in [0.2, 0.25) is 0 Å². The normalized spacial score (nSPS) is 14.2. The highest BCUT2D eigenvalue weighted by Crippen LogP contribution is 2.24. The summed E-state index contributed by atoms with van der Waals surface area (Å²) in [6, 6.07) is 5.51. The molecule has 0 aliphatic rings. The molecule has 0 saturated carbocycles. The van der Waals surface area contributed by atoms with E-state index < -0.39 is 10.5 Å². The van der Waals surface area contributed by atoms with Crippen LogP contribution in [0.4, 0.5) is 5.69 Å². The van der Waals surface area contributed by atoms with E-state index in [2.05, 4.69) is 4.99 Å². The Morgan fingerprint density at radius 3 is 2.86 bits per heavy atom. The molecule has 0 aliphatic heterocycles. The zero-order valence-electron chi connectivity index (χ0n) is 11.3. The summed E-state index contributed by atoms with van der Waals surface area (Å²) in [7, 11) is 0. The van der Waals surface area contributed by atoms with Gasteiger partial charge in [-0.05, 0) is 35.4 Å². The summed E-state index contributed by atoms with van der Waals surface area (Å²) in [5.74, 6) is -0.0977. The van der Waals surface area contributed by atoms with Crippen LogP contribution in [0.5, 0.6) is 5.75 Å². The largest absolute Gasteiger partial charge is 0.507 e. The van der Waals surface area contributed by atoms with E-state index >= 15 is 0 Å². The molecule has 1 atom stereocenters. The van der Waals surface area contributed by atoms with Crippen molar-refractivity contribution < 1.29 is 15.1 Å². The van der Waals surface area contributed by atoms with Gasteiger partial charge in [-0.15, -0.1) is 0 Å². The number of non-ortho nitro benzene ring substituents is 1. The number of thiophene rings is 1. The molecule has 21 heavy (non-hydrogen) atoms. The number of rotatable bonds is 5. The van der Waals surface area contributed by atoms with E-state index in [-0.39, 0.29) is 23.5 Å². The van der Waals surface area contributed by atoms with Crippen LogP contribution in [-0.4, -0.2) is 27.9 Å². The maximum absolute atomic E-state index is 10.7. The third kappa shape index (κ3) is 3.65. The lowest BCUT2D eigenvalue weighted by atomic mass is 10.00. The topological polar surface area (TPSA) is 96.0 Å². The fourth-order valence-corrected chi connectivity index (χ4v) is 2.53. The third-order valence-corrected chi connectivity index (χ3v) is 3.68. The highest BCUT2D eigenvalue weighted by molar-refractivity contribution is 7.08. The van der Waals surface area contributed by atoms with Crippen molar-refractivity contribution in [3.8, 4) is 5.75 Å². The molecule has 0 amide bonds. The fourth-order valence-electron chi connectivity index (χ4n) is 1.74. The number of nitrogens with zero attached hydrogens (tertiary/aromatic N) is 2. The maximum atomic E-state index is 10.7. The zero-order chi connectivity index (χ0) is 15.5. The minimum absolute atomic E-state index is 0.0892. The van der Waals surface area contributed by atoms with Gasteiger partial charge in [-0.3, -0.25) is 15.1 Å². The summed E-state index contributed by atoms with van der Waals surface area (Å²) >= 11 is 1.48. The zero-order valence-corrected chi connectivity index (χ0v) is 12.1. The average molecular weight is 306 g/mol. The minimum Gasteiger partial charge on any atom is -0.507 e. The monoisotopic (exact) mass is 306 g/mol. The van der Waals surface area contributed by atoms with Crippen LogP contribution in [0.3, 0.4) is 0 Å². The lowest BCUT2D eigenvalue weighted by Crippen LogP contribution is -2.24. The number of nitro benzene ring substituents is 1.